The topological polar surface area (TPSA) is 105 Å². The molecule has 28 heavy (non-hydrogen) atoms. The number of hydrogen-bond donors (Lipinski definition) is 3. The average Bonchev–Trinajstić information content (AvgIpc) is 2.67. The average molecular weight is 382 g/mol. The minimum atomic E-state index is -0.106. The third kappa shape index (κ3) is 4.64. The summed E-state index contributed by atoms with van der Waals surface area (Å²) in [7, 11) is 5.43. The number of amides is 1. The molecule has 8 nitrogen and oxygen atoms in total. The Bertz CT molecular complexity index is 903. The number of nitrogens with one attached hydrogen (secondary N) is 3. The van der Waals surface area contributed by atoms with Crippen LogP contribution < -0.4 is 5.32 Å². The van der Waals surface area contributed by atoms with Gasteiger partial charge in [0.2, 0.25) is 11.8 Å². The van der Waals surface area contributed by atoms with Gasteiger partial charge in [-0.1, -0.05) is 6.07 Å². The molecule has 0 atom stereocenters. The number of hydrogen-bond acceptors (Lipinski definition) is 6. The molecule has 2 aromatic rings. The van der Waals surface area contributed by atoms with Crippen LogP contribution in [0.5, 0.6) is 0 Å². The Morgan fingerprint density at radius 2 is 1.93 bits per heavy atom. The van der Waals surface area contributed by atoms with Crippen LogP contribution in [0.15, 0.2) is 30.5 Å². The second-order valence-corrected chi connectivity index (χ2v) is 7.33. The SMILES string of the molecule is CN1CCC(C(=O)Nc2cc3cc(C(=N)OC(=N)N(C)C)ccc3cn2)CC1. The van der Waals surface area contributed by atoms with Crippen LogP contribution in [0.4, 0.5) is 5.82 Å². The third-order valence-electron chi connectivity index (χ3n) is 4.93. The third-order valence-corrected chi connectivity index (χ3v) is 4.93. The Hall–Kier alpha value is -3.00. The highest BCUT2D eigenvalue weighted by atomic mass is 16.5. The smallest absolute Gasteiger partial charge is 0.290 e. The maximum Gasteiger partial charge on any atom is 0.290 e. The number of fused-ring (bicyclic) bond motifs is 1. The fourth-order valence-electron chi connectivity index (χ4n) is 3.10. The first-order valence-corrected chi connectivity index (χ1v) is 9.25. The van der Waals surface area contributed by atoms with Crippen molar-refractivity contribution in [1.82, 2.24) is 14.8 Å². The fraction of sp³-hybridized carbons (Fsp3) is 0.400. The molecule has 1 fully saturated rings. The molecule has 0 saturated carbocycles. The number of anilines is 1. The molecule has 2 heterocycles. The van der Waals surface area contributed by atoms with Crippen molar-refractivity contribution in [3.8, 4) is 0 Å². The summed E-state index contributed by atoms with van der Waals surface area (Å²) in [4.78, 5) is 20.6. The van der Waals surface area contributed by atoms with Gasteiger partial charge in [-0.2, -0.15) is 0 Å². The van der Waals surface area contributed by atoms with E-state index in [1.165, 1.54) is 4.90 Å². The van der Waals surface area contributed by atoms with Crippen molar-refractivity contribution >= 4 is 34.4 Å². The van der Waals surface area contributed by atoms with Gasteiger partial charge in [-0.3, -0.25) is 15.6 Å². The standard InChI is InChI=1S/C20H26N6O2/c1-25(2)20(22)28-18(21)14-4-5-15-12-23-17(11-16(15)10-14)24-19(27)13-6-8-26(3)9-7-13/h4-5,10-13,21-22H,6-9H2,1-3H3,(H,23,24,27). The lowest BCUT2D eigenvalue weighted by Crippen LogP contribution is -2.36. The second-order valence-electron chi connectivity index (χ2n) is 7.33. The maximum absolute atomic E-state index is 12.5. The van der Waals surface area contributed by atoms with Gasteiger partial charge in [0, 0.05) is 37.2 Å². The first-order valence-electron chi connectivity index (χ1n) is 9.25. The van der Waals surface area contributed by atoms with E-state index in [2.05, 4.69) is 22.2 Å². The highest BCUT2D eigenvalue weighted by molar-refractivity contribution is 6.02. The normalized spacial score (nSPS) is 15.2. The minimum Gasteiger partial charge on any atom is -0.407 e. The number of ether oxygens (including phenoxy) is 1. The Balaban J connectivity index is 1.74. The van der Waals surface area contributed by atoms with Gasteiger partial charge in [-0.15, -0.1) is 0 Å². The van der Waals surface area contributed by atoms with Crippen LogP contribution in [0.3, 0.4) is 0 Å². The molecule has 0 bridgehead atoms. The molecular weight excluding hydrogens is 356 g/mol. The lowest BCUT2D eigenvalue weighted by atomic mass is 9.96. The Morgan fingerprint density at radius 3 is 2.61 bits per heavy atom. The molecule has 0 radical (unpaired) electrons. The first kappa shape index (κ1) is 19.8. The van der Waals surface area contributed by atoms with Gasteiger partial charge in [0.15, 0.2) is 0 Å². The Labute approximate surface area is 164 Å². The Kier molecular flexibility index (Phi) is 5.89. The van der Waals surface area contributed by atoms with Crippen LogP contribution >= 0.6 is 0 Å². The number of carbonyl (C=O) groups excluding carboxylic acids is 1. The summed E-state index contributed by atoms with van der Waals surface area (Å²) in [5.41, 5.74) is 0.554. The fourth-order valence-corrected chi connectivity index (χ4v) is 3.10. The highest BCUT2D eigenvalue weighted by Gasteiger charge is 2.23. The molecule has 0 spiro atoms. The molecule has 3 rings (SSSR count). The minimum absolute atomic E-state index is 0.00612. The van der Waals surface area contributed by atoms with Crippen LogP contribution in [0.1, 0.15) is 18.4 Å². The van der Waals surface area contributed by atoms with Crippen molar-refractivity contribution in [2.45, 2.75) is 12.8 Å². The van der Waals surface area contributed by atoms with E-state index in [-0.39, 0.29) is 23.7 Å². The van der Waals surface area contributed by atoms with E-state index in [0.717, 1.165) is 36.7 Å². The number of amidine groups is 1. The van der Waals surface area contributed by atoms with Crippen molar-refractivity contribution in [3.05, 3.63) is 36.0 Å². The lowest BCUT2D eigenvalue weighted by molar-refractivity contribution is -0.121. The van der Waals surface area contributed by atoms with E-state index in [9.17, 15) is 4.79 Å². The van der Waals surface area contributed by atoms with Gasteiger partial charge in [0.25, 0.3) is 6.02 Å². The van der Waals surface area contributed by atoms with Crippen LogP contribution in [-0.4, -0.2) is 66.8 Å². The largest absolute Gasteiger partial charge is 0.407 e. The summed E-state index contributed by atoms with van der Waals surface area (Å²) in [6.45, 7) is 1.85. The zero-order chi connectivity index (χ0) is 20.3. The summed E-state index contributed by atoms with van der Waals surface area (Å²) >= 11 is 0. The van der Waals surface area contributed by atoms with Crippen molar-refractivity contribution in [2.75, 3.05) is 39.5 Å². The first-order chi connectivity index (χ1) is 13.3. The van der Waals surface area contributed by atoms with E-state index in [4.69, 9.17) is 15.6 Å². The number of benzene rings is 1. The molecule has 0 unspecified atom stereocenters. The zero-order valence-corrected chi connectivity index (χ0v) is 16.5. The lowest BCUT2D eigenvalue weighted by Gasteiger charge is -2.27. The van der Waals surface area contributed by atoms with Crippen molar-refractivity contribution in [1.29, 1.82) is 10.8 Å². The van der Waals surface area contributed by atoms with Crippen LogP contribution in [0, 0.1) is 16.7 Å². The number of rotatable bonds is 3. The van der Waals surface area contributed by atoms with Crippen LogP contribution in [0.25, 0.3) is 10.8 Å². The van der Waals surface area contributed by atoms with Gasteiger partial charge < -0.3 is 19.9 Å². The quantitative estimate of drug-likeness (QED) is 0.558. The Morgan fingerprint density at radius 1 is 1.21 bits per heavy atom. The summed E-state index contributed by atoms with van der Waals surface area (Å²) in [6.07, 6.45) is 3.41. The number of likely N-dealkylation sites (tertiary alicyclic amines) is 1. The highest BCUT2D eigenvalue weighted by Crippen LogP contribution is 2.21. The van der Waals surface area contributed by atoms with Gasteiger partial charge in [0.1, 0.15) is 5.82 Å². The molecular formula is C20H26N6O2. The molecule has 1 aliphatic rings. The number of piperidine rings is 1. The zero-order valence-electron chi connectivity index (χ0n) is 16.5. The molecule has 1 saturated heterocycles. The van der Waals surface area contributed by atoms with Crippen LogP contribution in [0.2, 0.25) is 0 Å². The van der Waals surface area contributed by atoms with Gasteiger partial charge in [0.05, 0.1) is 0 Å². The number of pyridine rings is 1. The molecule has 0 aliphatic carbocycles. The van der Waals surface area contributed by atoms with E-state index >= 15 is 0 Å². The van der Waals surface area contributed by atoms with E-state index in [1.54, 1.807) is 38.5 Å². The maximum atomic E-state index is 12.5. The second kappa shape index (κ2) is 8.35. The van der Waals surface area contributed by atoms with E-state index in [0.29, 0.717) is 11.4 Å². The molecule has 1 aromatic carbocycles. The number of aromatic nitrogens is 1. The van der Waals surface area contributed by atoms with Gasteiger partial charge >= 0.3 is 0 Å². The van der Waals surface area contributed by atoms with Crippen molar-refractivity contribution < 1.29 is 9.53 Å². The predicted octanol–water partition coefficient (Wildman–Crippen LogP) is 2.35. The van der Waals surface area contributed by atoms with Crippen molar-refractivity contribution in [3.63, 3.8) is 0 Å². The molecule has 1 amide bonds. The number of nitrogens with zero attached hydrogens (tertiary/aromatic N) is 3. The summed E-state index contributed by atoms with van der Waals surface area (Å²) in [5.74, 6) is 0.418. The molecule has 1 aromatic heterocycles. The number of carbonyl (C=O) groups is 1. The molecule has 148 valence electrons. The van der Waals surface area contributed by atoms with E-state index < -0.39 is 0 Å². The van der Waals surface area contributed by atoms with Crippen molar-refractivity contribution in [2.24, 2.45) is 5.92 Å². The van der Waals surface area contributed by atoms with Gasteiger partial charge in [-0.05, 0) is 56.6 Å². The molecule has 3 N–H and O–H groups in total. The molecule has 8 heteroatoms. The van der Waals surface area contributed by atoms with E-state index in [1.807, 2.05) is 6.07 Å². The summed E-state index contributed by atoms with van der Waals surface area (Å²) in [5, 5.41) is 20.4. The summed E-state index contributed by atoms with van der Waals surface area (Å²) in [6, 6.07) is 7.10. The van der Waals surface area contributed by atoms with Crippen LogP contribution in [-0.2, 0) is 9.53 Å². The van der Waals surface area contributed by atoms with Gasteiger partial charge in [-0.25, -0.2) is 4.98 Å². The predicted molar refractivity (Wildman–Crippen MR) is 110 cm³/mol. The monoisotopic (exact) mass is 382 g/mol. The molecule has 1 aliphatic heterocycles. The summed E-state index contributed by atoms with van der Waals surface area (Å²) < 4.78 is 5.23.